The fourth-order valence-corrected chi connectivity index (χ4v) is 2.85. The summed E-state index contributed by atoms with van der Waals surface area (Å²) >= 11 is 6.02. The summed E-state index contributed by atoms with van der Waals surface area (Å²) in [7, 11) is 0. The van der Waals surface area contributed by atoms with Gasteiger partial charge >= 0.3 is 5.97 Å². The van der Waals surface area contributed by atoms with Crippen LogP contribution in [-0.2, 0) is 9.53 Å². The van der Waals surface area contributed by atoms with Crippen molar-refractivity contribution in [2.45, 2.75) is 13.0 Å². The lowest BCUT2D eigenvalue weighted by molar-refractivity contribution is -0.150. The number of aliphatic carboxylic acids is 1. The summed E-state index contributed by atoms with van der Waals surface area (Å²) in [5, 5.41) is 11.0. The maximum Gasteiger partial charge on any atom is 0.337 e. The van der Waals surface area contributed by atoms with Crippen LogP contribution in [0, 0.1) is 0 Å². The largest absolute Gasteiger partial charge is 0.479 e. The predicted molar refractivity (Wildman–Crippen MR) is 104 cm³/mol. The number of benzene rings is 2. The van der Waals surface area contributed by atoms with Crippen LogP contribution in [0.3, 0.4) is 0 Å². The van der Waals surface area contributed by atoms with E-state index in [0.717, 1.165) is 22.2 Å². The van der Waals surface area contributed by atoms with Crippen LogP contribution < -0.4 is 0 Å². The predicted octanol–water partition coefficient (Wildman–Crippen LogP) is 5.22. The van der Waals surface area contributed by atoms with E-state index in [0.29, 0.717) is 17.2 Å². The number of ether oxygens (including phenoxy) is 1. The second-order valence-electron chi connectivity index (χ2n) is 5.75. The zero-order valence-corrected chi connectivity index (χ0v) is 15.0. The van der Waals surface area contributed by atoms with Gasteiger partial charge in [-0.25, -0.2) is 9.78 Å². The average Bonchev–Trinajstić information content (AvgIpc) is 2.64. The second-order valence-corrected chi connectivity index (χ2v) is 6.19. The van der Waals surface area contributed by atoms with E-state index in [2.05, 4.69) is 4.98 Å². The first-order valence-corrected chi connectivity index (χ1v) is 8.63. The molecule has 1 aromatic heterocycles. The Bertz CT molecular complexity index is 968. The Morgan fingerprint density at radius 1 is 1.19 bits per heavy atom. The van der Waals surface area contributed by atoms with Crippen molar-refractivity contribution in [1.29, 1.82) is 0 Å². The summed E-state index contributed by atoms with van der Waals surface area (Å²) in [6, 6.07) is 16.8. The molecular formula is C21H18ClNO3. The molecule has 0 unspecified atom stereocenters. The minimum absolute atomic E-state index is 0.334. The molecule has 0 aliphatic heterocycles. The summed E-state index contributed by atoms with van der Waals surface area (Å²) < 4.78 is 5.32. The van der Waals surface area contributed by atoms with Gasteiger partial charge in [0.1, 0.15) is 0 Å². The number of nitrogens with zero attached hydrogens (tertiary/aromatic N) is 1. The molecule has 5 heteroatoms. The van der Waals surface area contributed by atoms with Crippen LogP contribution >= 0.6 is 11.6 Å². The first kappa shape index (κ1) is 18.1. The smallest absolute Gasteiger partial charge is 0.337 e. The third kappa shape index (κ3) is 4.28. The SMILES string of the molecule is CCO[C@H](C(=O)O)c1cccc(C=Cc2ccc3ccc(Cl)cc3n2)c1. The van der Waals surface area contributed by atoms with Gasteiger partial charge in [0.15, 0.2) is 6.10 Å². The molecule has 0 aliphatic carbocycles. The van der Waals surface area contributed by atoms with Crippen molar-refractivity contribution in [3.8, 4) is 0 Å². The first-order valence-electron chi connectivity index (χ1n) is 8.25. The molecule has 0 saturated carbocycles. The van der Waals surface area contributed by atoms with E-state index in [-0.39, 0.29) is 0 Å². The molecule has 26 heavy (non-hydrogen) atoms. The van der Waals surface area contributed by atoms with Gasteiger partial charge in [-0.3, -0.25) is 0 Å². The van der Waals surface area contributed by atoms with Crippen molar-refractivity contribution < 1.29 is 14.6 Å². The van der Waals surface area contributed by atoms with Crippen LogP contribution in [0.2, 0.25) is 5.02 Å². The highest BCUT2D eigenvalue weighted by Gasteiger charge is 2.19. The third-order valence-electron chi connectivity index (χ3n) is 3.89. The highest BCUT2D eigenvalue weighted by molar-refractivity contribution is 6.31. The Kier molecular flexibility index (Phi) is 5.66. The topological polar surface area (TPSA) is 59.4 Å². The highest BCUT2D eigenvalue weighted by Crippen LogP contribution is 2.21. The van der Waals surface area contributed by atoms with Crippen LogP contribution in [0.1, 0.15) is 29.8 Å². The lowest BCUT2D eigenvalue weighted by Crippen LogP contribution is -2.15. The number of aromatic nitrogens is 1. The van der Waals surface area contributed by atoms with Gasteiger partial charge in [0, 0.05) is 17.0 Å². The molecule has 0 aliphatic rings. The standard InChI is InChI=1S/C21H18ClNO3/c1-2-26-20(21(24)25)16-5-3-4-14(12-16)6-10-18-11-8-15-7-9-17(22)13-19(15)23-18/h3-13,20H,2H2,1H3,(H,24,25)/t20-/m0/s1. The number of rotatable bonds is 6. The van der Waals surface area contributed by atoms with Crippen LogP contribution in [0.15, 0.2) is 54.6 Å². The van der Waals surface area contributed by atoms with Crippen molar-refractivity contribution in [1.82, 2.24) is 4.98 Å². The number of fused-ring (bicyclic) bond motifs is 1. The molecule has 1 N–H and O–H groups in total. The minimum Gasteiger partial charge on any atom is -0.479 e. The van der Waals surface area contributed by atoms with Crippen LogP contribution in [0.4, 0.5) is 0 Å². The Morgan fingerprint density at radius 2 is 2.00 bits per heavy atom. The van der Waals surface area contributed by atoms with Gasteiger partial charge in [-0.05, 0) is 48.4 Å². The van der Waals surface area contributed by atoms with Gasteiger partial charge in [-0.2, -0.15) is 0 Å². The quantitative estimate of drug-likeness (QED) is 0.648. The molecule has 0 fully saturated rings. The Balaban J connectivity index is 1.86. The number of hydrogen-bond acceptors (Lipinski definition) is 3. The van der Waals surface area contributed by atoms with Crippen LogP contribution in [0.5, 0.6) is 0 Å². The van der Waals surface area contributed by atoms with E-state index < -0.39 is 12.1 Å². The molecule has 4 nitrogen and oxygen atoms in total. The molecular weight excluding hydrogens is 350 g/mol. The van der Waals surface area contributed by atoms with Crippen molar-refractivity contribution in [3.63, 3.8) is 0 Å². The first-order chi connectivity index (χ1) is 12.6. The zero-order chi connectivity index (χ0) is 18.5. The molecule has 0 bridgehead atoms. The molecule has 0 spiro atoms. The van der Waals surface area contributed by atoms with E-state index in [1.165, 1.54) is 0 Å². The molecule has 1 heterocycles. The second kappa shape index (κ2) is 8.13. The lowest BCUT2D eigenvalue weighted by atomic mass is 10.1. The van der Waals surface area contributed by atoms with Gasteiger partial charge in [0.2, 0.25) is 0 Å². The number of carboxylic acid groups (broad SMARTS) is 1. The molecule has 3 rings (SSSR count). The highest BCUT2D eigenvalue weighted by atomic mass is 35.5. The van der Waals surface area contributed by atoms with E-state index >= 15 is 0 Å². The fraction of sp³-hybridized carbons (Fsp3) is 0.143. The number of hydrogen-bond donors (Lipinski definition) is 1. The normalized spacial score (nSPS) is 12.5. The molecule has 0 saturated heterocycles. The van der Waals surface area contributed by atoms with E-state index in [9.17, 15) is 9.90 Å². The van der Waals surface area contributed by atoms with Crippen molar-refractivity contribution in [3.05, 3.63) is 76.4 Å². The van der Waals surface area contributed by atoms with Crippen LogP contribution in [0.25, 0.3) is 23.1 Å². The Hall–Kier alpha value is -2.69. The maximum atomic E-state index is 11.4. The Labute approximate surface area is 156 Å². The molecule has 132 valence electrons. The van der Waals surface area contributed by atoms with Gasteiger partial charge in [-0.15, -0.1) is 0 Å². The molecule has 3 aromatic rings. The minimum atomic E-state index is -0.999. The van der Waals surface area contributed by atoms with E-state index in [1.807, 2.05) is 60.7 Å². The fourth-order valence-electron chi connectivity index (χ4n) is 2.68. The zero-order valence-electron chi connectivity index (χ0n) is 14.2. The van der Waals surface area contributed by atoms with Crippen molar-refractivity contribution in [2.24, 2.45) is 0 Å². The van der Waals surface area contributed by atoms with Gasteiger partial charge in [0.25, 0.3) is 0 Å². The lowest BCUT2D eigenvalue weighted by Gasteiger charge is -2.13. The van der Waals surface area contributed by atoms with Crippen LogP contribution in [-0.4, -0.2) is 22.7 Å². The molecule has 2 aromatic carbocycles. The van der Waals surface area contributed by atoms with Gasteiger partial charge in [-0.1, -0.05) is 48.0 Å². The molecule has 0 amide bonds. The molecule has 1 atom stereocenters. The average molecular weight is 368 g/mol. The summed E-state index contributed by atoms with van der Waals surface area (Å²) in [5.74, 6) is -0.999. The summed E-state index contributed by atoms with van der Waals surface area (Å²) in [4.78, 5) is 15.9. The monoisotopic (exact) mass is 367 g/mol. The summed E-state index contributed by atoms with van der Waals surface area (Å²) in [6.07, 6.45) is 2.82. The molecule has 0 radical (unpaired) electrons. The summed E-state index contributed by atoms with van der Waals surface area (Å²) in [6.45, 7) is 2.11. The maximum absolute atomic E-state index is 11.4. The number of pyridine rings is 1. The summed E-state index contributed by atoms with van der Waals surface area (Å²) in [5.41, 5.74) is 3.11. The van der Waals surface area contributed by atoms with E-state index in [4.69, 9.17) is 16.3 Å². The van der Waals surface area contributed by atoms with Gasteiger partial charge < -0.3 is 9.84 Å². The number of carboxylic acids is 1. The number of carbonyl (C=O) groups is 1. The van der Waals surface area contributed by atoms with Crippen molar-refractivity contribution in [2.75, 3.05) is 6.61 Å². The van der Waals surface area contributed by atoms with Crippen molar-refractivity contribution >= 4 is 40.6 Å². The Morgan fingerprint density at radius 3 is 2.77 bits per heavy atom. The third-order valence-corrected chi connectivity index (χ3v) is 4.13. The van der Waals surface area contributed by atoms with Gasteiger partial charge in [0.05, 0.1) is 11.2 Å². The van der Waals surface area contributed by atoms with E-state index in [1.54, 1.807) is 13.0 Å². The number of halogens is 1.